The Morgan fingerprint density at radius 3 is 2.70 bits per heavy atom. The number of para-hydroxylation sites is 1. The number of carbonyl (C=O) groups is 1. The summed E-state index contributed by atoms with van der Waals surface area (Å²) in [6.07, 6.45) is 8.06. The summed E-state index contributed by atoms with van der Waals surface area (Å²) in [5.41, 5.74) is 5.90. The van der Waals surface area contributed by atoms with Crippen LogP contribution in [0.25, 0.3) is 10.9 Å². The van der Waals surface area contributed by atoms with Gasteiger partial charge in [-0.1, -0.05) is 55.7 Å². The Bertz CT molecular complexity index is 1060. The molecule has 2 heterocycles. The van der Waals surface area contributed by atoms with Gasteiger partial charge < -0.3 is 9.88 Å². The van der Waals surface area contributed by atoms with Crippen molar-refractivity contribution in [2.45, 2.75) is 57.7 Å². The Morgan fingerprint density at radius 1 is 1.03 bits per heavy atom. The lowest BCUT2D eigenvalue weighted by Gasteiger charge is -2.37. The highest BCUT2D eigenvalue weighted by Crippen LogP contribution is 2.28. The molecular formula is C26H31N3O. The van der Waals surface area contributed by atoms with Crippen molar-refractivity contribution >= 4 is 16.8 Å². The third-order valence-corrected chi connectivity index (χ3v) is 7.04. The van der Waals surface area contributed by atoms with Crippen LogP contribution in [0.5, 0.6) is 0 Å². The highest BCUT2D eigenvalue weighted by Gasteiger charge is 2.25. The monoisotopic (exact) mass is 401 g/mol. The topological polar surface area (TPSA) is 37.3 Å². The number of fused-ring (bicyclic) bond motifs is 2. The normalized spacial score (nSPS) is 17.8. The predicted molar refractivity (Wildman–Crippen MR) is 122 cm³/mol. The average molecular weight is 402 g/mol. The van der Waals surface area contributed by atoms with E-state index in [4.69, 9.17) is 0 Å². The molecule has 0 saturated heterocycles. The van der Waals surface area contributed by atoms with Crippen LogP contribution in [-0.4, -0.2) is 28.0 Å². The zero-order chi connectivity index (χ0) is 20.5. The molecule has 1 saturated carbocycles. The Balaban J connectivity index is 1.24. The molecule has 0 spiro atoms. The summed E-state index contributed by atoms with van der Waals surface area (Å²) >= 11 is 0. The van der Waals surface area contributed by atoms with Gasteiger partial charge in [0.25, 0.3) is 5.91 Å². The van der Waals surface area contributed by atoms with Crippen molar-refractivity contribution in [1.82, 2.24) is 14.8 Å². The van der Waals surface area contributed by atoms with Gasteiger partial charge in [-0.15, -0.1) is 0 Å². The third-order valence-electron chi connectivity index (χ3n) is 7.04. The van der Waals surface area contributed by atoms with E-state index in [0.29, 0.717) is 12.2 Å². The fraction of sp³-hybridized carbons (Fsp3) is 0.423. The lowest BCUT2D eigenvalue weighted by molar-refractivity contribution is 0.0943. The van der Waals surface area contributed by atoms with Crippen molar-refractivity contribution in [2.24, 2.45) is 7.05 Å². The Labute approximate surface area is 178 Å². The molecule has 1 aliphatic carbocycles. The zero-order valence-electron chi connectivity index (χ0n) is 17.9. The molecule has 0 atom stereocenters. The smallest absolute Gasteiger partial charge is 0.268 e. The largest absolute Gasteiger partial charge is 0.347 e. The summed E-state index contributed by atoms with van der Waals surface area (Å²) in [7, 11) is 1.95. The van der Waals surface area contributed by atoms with Crippen LogP contribution in [0.3, 0.4) is 0 Å². The van der Waals surface area contributed by atoms with Crippen LogP contribution in [0.4, 0.5) is 0 Å². The molecule has 0 radical (unpaired) electrons. The van der Waals surface area contributed by atoms with E-state index in [-0.39, 0.29) is 5.91 Å². The summed E-state index contributed by atoms with van der Waals surface area (Å²) in [5, 5.41) is 4.21. The van der Waals surface area contributed by atoms with Crippen molar-refractivity contribution < 1.29 is 4.79 Å². The van der Waals surface area contributed by atoms with Gasteiger partial charge in [0, 0.05) is 43.6 Å². The summed E-state index contributed by atoms with van der Waals surface area (Å²) < 4.78 is 1.97. The molecule has 1 fully saturated rings. The number of aromatic nitrogens is 1. The van der Waals surface area contributed by atoms with Crippen LogP contribution >= 0.6 is 0 Å². The molecule has 30 heavy (non-hydrogen) atoms. The number of benzene rings is 2. The van der Waals surface area contributed by atoms with E-state index in [1.807, 2.05) is 41.9 Å². The first-order chi connectivity index (χ1) is 14.7. The fourth-order valence-corrected chi connectivity index (χ4v) is 5.28. The van der Waals surface area contributed by atoms with E-state index in [1.54, 1.807) is 0 Å². The van der Waals surface area contributed by atoms with Gasteiger partial charge in [-0.25, -0.2) is 0 Å². The SMILES string of the molecule is Cn1c(C(=O)NCc2ccc3c(c2)CCN(C2CCCCC2)C3)cc2ccccc21. The fourth-order valence-electron chi connectivity index (χ4n) is 5.28. The summed E-state index contributed by atoms with van der Waals surface area (Å²) in [5.74, 6) is -0.0186. The van der Waals surface area contributed by atoms with Crippen LogP contribution in [-0.2, 0) is 26.6 Å². The van der Waals surface area contributed by atoms with Crippen LogP contribution in [0.1, 0.15) is 59.3 Å². The summed E-state index contributed by atoms with van der Waals surface area (Å²) in [4.78, 5) is 15.5. The lowest BCUT2D eigenvalue weighted by Crippen LogP contribution is -2.40. The maximum Gasteiger partial charge on any atom is 0.268 e. The predicted octanol–water partition coefficient (Wildman–Crippen LogP) is 4.80. The van der Waals surface area contributed by atoms with Crippen molar-refractivity contribution in [3.05, 3.63) is 70.9 Å². The number of amides is 1. The van der Waals surface area contributed by atoms with E-state index < -0.39 is 0 Å². The van der Waals surface area contributed by atoms with Crippen molar-refractivity contribution in [3.63, 3.8) is 0 Å². The minimum absolute atomic E-state index is 0.0186. The molecule has 1 aromatic heterocycles. The second-order valence-corrected chi connectivity index (χ2v) is 8.95. The Morgan fingerprint density at radius 2 is 1.87 bits per heavy atom. The van der Waals surface area contributed by atoms with Gasteiger partial charge in [-0.3, -0.25) is 9.69 Å². The first kappa shape index (κ1) is 19.4. The van der Waals surface area contributed by atoms with Crippen LogP contribution in [0.2, 0.25) is 0 Å². The third kappa shape index (κ3) is 3.77. The van der Waals surface area contributed by atoms with Crippen LogP contribution in [0.15, 0.2) is 48.5 Å². The second-order valence-electron chi connectivity index (χ2n) is 8.95. The number of hydrogen-bond acceptors (Lipinski definition) is 2. The standard InChI is InChI=1S/C26H31N3O/c1-28-24-10-6-5-7-21(24)16-25(28)26(30)27-17-19-11-12-22-18-29(14-13-20(22)15-19)23-8-3-2-4-9-23/h5-7,10-12,15-16,23H,2-4,8-9,13-14,17-18H2,1H3,(H,27,30). The number of carbonyl (C=O) groups excluding carboxylic acids is 1. The highest BCUT2D eigenvalue weighted by molar-refractivity contribution is 5.98. The van der Waals surface area contributed by atoms with E-state index in [0.717, 1.165) is 29.9 Å². The molecule has 1 aliphatic heterocycles. The van der Waals surface area contributed by atoms with E-state index in [1.165, 1.54) is 55.3 Å². The molecular weight excluding hydrogens is 370 g/mol. The Hall–Kier alpha value is -2.59. The first-order valence-corrected chi connectivity index (χ1v) is 11.4. The first-order valence-electron chi connectivity index (χ1n) is 11.4. The molecule has 4 heteroatoms. The van der Waals surface area contributed by atoms with Gasteiger partial charge >= 0.3 is 0 Å². The van der Waals surface area contributed by atoms with Crippen LogP contribution in [0, 0.1) is 0 Å². The lowest BCUT2D eigenvalue weighted by atomic mass is 9.90. The van der Waals surface area contributed by atoms with Gasteiger partial charge in [0.15, 0.2) is 0 Å². The van der Waals surface area contributed by atoms with Crippen molar-refractivity contribution in [3.8, 4) is 0 Å². The van der Waals surface area contributed by atoms with E-state index in [9.17, 15) is 4.79 Å². The number of aryl methyl sites for hydroxylation is 1. The molecule has 4 nitrogen and oxygen atoms in total. The minimum atomic E-state index is -0.0186. The van der Waals surface area contributed by atoms with E-state index in [2.05, 4.69) is 28.4 Å². The number of hydrogen-bond donors (Lipinski definition) is 1. The van der Waals surface area contributed by atoms with Gasteiger partial charge in [0.05, 0.1) is 0 Å². The molecule has 0 unspecified atom stereocenters. The molecule has 2 aromatic carbocycles. The number of nitrogens with zero attached hydrogens (tertiary/aromatic N) is 2. The summed E-state index contributed by atoms with van der Waals surface area (Å²) in [6.45, 7) is 2.83. The molecule has 0 bridgehead atoms. The Kier molecular flexibility index (Phi) is 5.34. The number of nitrogens with one attached hydrogen (secondary N) is 1. The molecule has 2 aliphatic rings. The molecule has 156 valence electrons. The molecule has 5 rings (SSSR count). The molecule has 1 amide bonds. The van der Waals surface area contributed by atoms with Crippen molar-refractivity contribution in [1.29, 1.82) is 0 Å². The van der Waals surface area contributed by atoms with Crippen molar-refractivity contribution in [2.75, 3.05) is 6.54 Å². The minimum Gasteiger partial charge on any atom is -0.347 e. The second kappa shape index (κ2) is 8.27. The van der Waals surface area contributed by atoms with Gasteiger partial charge in [0.1, 0.15) is 5.69 Å². The van der Waals surface area contributed by atoms with Gasteiger partial charge in [-0.05, 0) is 48.1 Å². The molecule has 1 N–H and O–H groups in total. The maximum atomic E-state index is 12.8. The zero-order valence-corrected chi connectivity index (χ0v) is 17.9. The summed E-state index contributed by atoms with van der Waals surface area (Å²) in [6, 6.07) is 17.6. The van der Waals surface area contributed by atoms with E-state index >= 15 is 0 Å². The van der Waals surface area contributed by atoms with Gasteiger partial charge in [-0.2, -0.15) is 0 Å². The maximum absolute atomic E-state index is 12.8. The van der Waals surface area contributed by atoms with Crippen LogP contribution < -0.4 is 5.32 Å². The van der Waals surface area contributed by atoms with Gasteiger partial charge in [0.2, 0.25) is 0 Å². The number of rotatable bonds is 4. The highest BCUT2D eigenvalue weighted by atomic mass is 16.1. The quantitative estimate of drug-likeness (QED) is 0.682. The average Bonchev–Trinajstić information content (AvgIpc) is 3.14. The molecule has 3 aromatic rings.